The Kier molecular flexibility index (Phi) is 16.7. The van der Waals surface area contributed by atoms with Gasteiger partial charge in [0.15, 0.2) is 0 Å². The average Bonchev–Trinajstić information content (AvgIpc) is 2.61. The van der Waals surface area contributed by atoms with E-state index in [2.05, 4.69) is 69.4 Å². The molecule has 0 bridgehead atoms. The van der Waals surface area contributed by atoms with E-state index in [1.807, 2.05) is 12.2 Å². The van der Waals surface area contributed by atoms with Crippen LogP contribution in [0.2, 0.25) is 0 Å². The minimum atomic E-state index is -0.742. The fourth-order valence-corrected chi connectivity index (χ4v) is 2.46. The van der Waals surface area contributed by atoms with E-state index in [1.165, 1.54) is 25.7 Å². The van der Waals surface area contributed by atoms with E-state index in [0.29, 0.717) is 12.3 Å². The van der Waals surface area contributed by atoms with Gasteiger partial charge in [0.2, 0.25) is 0 Å². The van der Waals surface area contributed by atoms with Gasteiger partial charge in [-0.2, -0.15) is 0 Å². The lowest BCUT2D eigenvalue weighted by atomic mass is 9.90. The molecule has 0 aliphatic rings. The largest absolute Gasteiger partial charge is 0.481 e. The van der Waals surface area contributed by atoms with E-state index < -0.39 is 5.97 Å². The highest BCUT2D eigenvalue weighted by Crippen LogP contribution is 2.19. The third kappa shape index (κ3) is 17.0. The first-order valence-corrected chi connectivity index (χ1v) is 10.1. The molecule has 0 spiro atoms. The highest BCUT2D eigenvalue weighted by molar-refractivity contribution is 5.66. The van der Waals surface area contributed by atoms with Crippen LogP contribution in [0.3, 0.4) is 0 Å². The van der Waals surface area contributed by atoms with Gasteiger partial charge in [-0.25, -0.2) is 0 Å². The van der Waals surface area contributed by atoms with Gasteiger partial charge in [-0.05, 0) is 31.1 Å². The predicted molar refractivity (Wildman–Crippen MR) is 114 cm³/mol. The molecule has 2 unspecified atom stereocenters. The Morgan fingerprint density at radius 1 is 0.885 bits per heavy atom. The topological polar surface area (TPSA) is 37.3 Å². The zero-order valence-electron chi connectivity index (χ0n) is 16.9. The van der Waals surface area contributed by atoms with Gasteiger partial charge in [-0.3, -0.25) is 4.79 Å². The van der Waals surface area contributed by atoms with Gasteiger partial charge in [0, 0.05) is 6.42 Å². The highest BCUT2D eigenvalue weighted by Gasteiger charge is 2.07. The van der Waals surface area contributed by atoms with Crippen molar-refractivity contribution in [3.05, 3.63) is 60.8 Å². The zero-order chi connectivity index (χ0) is 19.5. The van der Waals surface area contributed by atoms with E-state index >= 15 is 0 Å². The summed E-state index contributed by atoms with van der Waals surface area (Å²) in [6.45, 7) is 6.91. The number of rotatable bonds is 15. The number of hydrogen-bond acceptors (Lipinski definition) is 1. The molecule has 0 saturated carbocycles. The summed E-state index contributed by atoms with van der Waals surface area (Å²) in [5.74, 6) is 0.645. The second-order valence-corrected chi connectivity index (χ2v) is 6.88. The van der Waals surface area contributed by atoms with E-state index in [0.717, 1.165) is 18.8 Å². The third-order valence-electron chi connectivity index (χ3n) is 4.45. The van der Waals surface area contributed by atoms with Gasteiger partial charge < -0.3 is 5.11 Å². The average molecular weight is 359 g/mol. The number of unbranched alkanes of at least 4 members (excludes halogenated alkanes) is 2. The molecule has 0 heterocycles. The van der Waals surface area contributed by atoms with Gasteiger partial charge in [0.05, 0.1) is 0 Å². The maximum absolute atomic E-state index is 10.3. The van der Waals surface area contributed by atoms with Crippen LogP contribution >= 0.6 is 0 Å². The first kappa shape index (κ1) is 24.2. The van der Waals surface area contributed by atoms with Crippen LogP contribution in [0.1, 0.15) is 72.1 Å². The summed E-state index contributed by atoms with van der Waals surface area (Å²) in [4.78, 5) is 10.3. The number of hydrogen-bond donors (Lipinski definition) is 1. The molecule has 0 radical (unpaired) electrons. The molecule has 0 aliphatic carbocycles. The van der Waals surface area contributed by atoms with Crippen LogP contribution in [-0.2, 0) is 4.79 Å². The smallest absolute Gasteiger partial charge is 0.303 e. The molecule has 0 amide bonds. The number of carbonyl (C=O) groups is 1. The summed E-state index contributed by atoms with van der Waals surface area (Å²) in [7, 11) is 0. The van der Waals surface area contributed by atoms with E-state index in [4.69, 9.17) is 5.11 Å². The monoisotopic (exact) mass is 358 g/mol. The Labute approximate surface area is 161 Å². The van der Waals surface area contributed by atoms with Crippen LogP contribution in [0.5, 0.6) is 0 Å². The van der Waals surface area contributed by atoms with Crippen molar-refractivity contribution in [1.82, 2.24) is 0 Å². The Bertz CT molecular complexity index is 480. The van der Waals surface area contributed by atoms with Crippen molar-refractivity contribution in [3.8, 4) is 0 Å². The van der Waals surface area contributed by atoms with Crippen LogP contribution < -0.4 is 0 Å². The van der Waals surface area contributed by atoms with Gasteiger partial charge in [-0.1, -0.05) is 107 Å². The van der Waals surface area contributed by atoms with E-state index in [9.17, 15) is 4.79 Å². The molecule has 0 fully saturated rings. The van der Waals surface area contributed by atoms with Crippen molar-refractivity contribution in [1.29, 1.82) is 0 Å². The lowest BCUT2D eigenvalue weighted by Crippen LogP contribution is -2.04. The number of allylic oxidation sites excluding steroid dienone is 10. The number of aliphatic carboxylic acids is 1. The lowest BCUT2D eigenvalue weighted by molar-refractivity contribution is -0.136. The molecule has 2 atom stereocenters. The van der Waals surface area contributed by atoms with Crippen LogP contribution in [0.25, 0.3) is 0 Å². The summed E-state index contributed by atoms with van der Waals surface area (Å²) < 4.78 is 0. The van der Waals surface area contributed by atoms with Crippen molar-refractivity contribution in [2.45, 2.75) is 72.1 Å². The van der Waals surface area contributed by atoms with Gasteiger partial charge in [0.1, 0.15) is 0 Å². The highest BCUT2D eigenvalue weighted by atomic mass is 16.4. The van der Waals surface area contributed by atoms with Gasteiger partial charge >= 0.3 is 5.97 Å². The molecular formula is C24H38O2. The van der Waals surface area contributed by atoms with E-state index in [1.54, 1.807) is 0 Å². The summed E-state index contributed by atoms with van der Waals surface area (Å²) in [6, 6.07) is 0. The molecule has 1 N–H and O–H groups in total. The SMILES string of the molecule is CCCCCC(C)C(C)/C=C/C=C\C=C/C/C=C\C/C=C\CCC(=O)O. The van der Waals surface area contributed by atoms with Crippen molar-refractivity contribution in [2.75, 3.05) is 0 Å². The minimum Gasteiger partial charge on any atom is -0.481 e. The van der Waals surface area contributed by atoms with Crippen LogP contribution in [0.15, 0.2) is 60.8 Å². The number of carboxylic acid groups (broad SMARTS) is 1. The molecule has 2 nitrogen and oxygen atoms in total. The molecule has 0 rings (SSSR count). The Morgan fingerprint density at radius 2 is 1.54 bits per heavy atom. The van der Waals surface area contributed by atoms with Crippen LogP contribution in [-0.4, -0.2) is 11.1 Å². The molecule has 0 aliphatic heterocycles. The molecule has 0 saturated heterocycles. The van der Waals surface area contributed by atoms with Crippen LogP contribution in [0.4, 0.5) is 0 Å². The molecule has 26 heavy (non-hydrogen) atoms. The first-order chi connectivity index (χ1) is 12.6. The molecule has 2 heteroatoms. The first-order valence-electron chi connectivity index (χ1n) is 10.1. The van der Waals surface area contributed by atoms with Crippen molar-refractivity contribution in [2.24, 2.45) is 11.8 Å². The fraction of sp³-hybridized carbons (Fsp3) is 0.542. The summed E-state index contributed by atoms with van der Waals surface area (Å²) >= 11 is 0. The normalized spacial score (nSPS) is 15.2. The molecule has 0 aromatic rings. The molecule has 0 aromatic heterocycles. The quantitative estimate of drug-likeness (QED) is 0.190. The number of carboxylic acids is 1. The zero-order valence-corrected chi connectivity index (χ0v) is 16.9. The third-order valence-corrected chi connectivity index (χ3v) is 4.45. The van der Waals surface area contributed by atoms with Crippen molar-refractivity contribution >= 4 is 5.97 Å². The summed E-state index contributed by atoms with van der Waals surface area (Å²) in [5, 5.41) is 8.52. The van der Waals surface area contributed by atoms with Crippen molar-refractivity contribution < 1.29 is 9.90 Å². The maximum Gasteiger partial charge on any atom is 0.303 e. The Hall–Kier alpha value is -1.83. The summed E-state index contributed by atoms with van der Waals surface area (Å²) in [6.07, 6.45) is 28.9. The predicted octanol–water partition coefficient (Wildman–Crippen LogP) is 7.26. The molecular weight excluding hydrogens is 320 g/mol. The van der Waals surface area contributed by atoms with Crippen molar-refractivity contribution in [3.63, 3.8) is 0 Å². The summed E-state index contributed by atoms with van der Waals surface area (Å²) in [5.41, 5.74) is 0. The van der Waals surface area contributed by atoms with E-state index in [-0.39, 0.29) is 6.42 Å². The van der Waals surface area contributed by atoms with Gasteiger partial charge in [-0.15, -0.1) is 0 Å². The Morgan fingerprint density at radius 3 is 2.23 bits per heavy atom. The fourth-order valence-electron chi connectivity index (χ4n) is 2.46. The Balaban J connectivity index is 3.80. The maximum atomic E-state index is 10.3. The molecule has 146 valence electrons. The standard InChI is InChI=1S/C24H38O2/c1-4-5-16-19-22(2)23(3)20-17-14-12-10-8-6-7-9-11-13-15-18-21-24(25)26/h7-10,12-15,17,20,22-23H,4-6,11,16,18-19,21H2,1-3H3,(H,25,26)/b9-7-,10-8-,14-12-,15-13-,20-17+. The second-order valence-electron chi connectivity index (χ2n) is 6.88. The lowest BCUT2D eigenvalue weighted by Gasteiger charge is -2.15. The van der Waals surface area contributed by atoms with Gasteiger partial charge in [0.25, 0.3) is 0 Å². The minimum absolute atomic E-state index is 0.209. The van der Waals surface area contributed by atoms with Crippen LogP contribution in [0, 0.1) is 11.8 Å². The second kappa shape index (κ2) is 18.0. The molecule has 0 aromatic carbocycles.